The van der Waals surface area contributed by atoms with Crippen molar-refractivity contribution in [2.24, 2.45) is 0 Å². The highest BCUT2D eigenvalue weighted by Gasteiger charge is 2.22. The highest BCUT2D eigenvalue weighted by molar-refractivity contribution is 4.81. The van der Waals surface area contributed by atoms with Crippen LogP contribution in [-0.2, 0) is 0 Å². The first kappa shape index (κ1) is 11.4. The summed E-state index contributed by atoms with van der Waals surface area (Å²) in [6.07, 6.45) is 9.98. The molecule has 2 aliphatic carbocycles. The highest BCUT2D eigenvalue weighted by Crippen LogP contribution is 2.23. The summed E-state index contributed by atoms with van der Waals surface area (Å²) in [4.78, 5) is 2.70. The van der Waals surface area contributed by atoms with Crippen LogP contribution >= 0.6 is 0 Å². The molecule has 2 saturated carbocycles. The summed E-state index contributed by atoms with van der Waals surface area (Å²) in [6.45, 7) is 6.09. The van der Waals surface area contributed by atoms with Crippen molar-refractivity contribution in [3.8, 4) is 0 Å². The third kappa shape index (κ3) is 3.76. The van der Waals surface area contributed by atoms with E-state index < -0.39 is 0 Å². The van der Waals surface area contributed by atoms with Crippen LogP contribution in [-0.4, -0.2) is 36.6 Å². The van der Waals surface area contributed by atoms with E-state index in [2.05, 4.69) is 17.1 Å². The number of hydrogen-bond donors (Lipinski definition) is 1. The molecule has 0 aromatic rings. The van der Waals surface area contributed by atoms with Gasteiger partial charge in [-0.2, -0.15) is 0 Å². The van der Waals surface area contributed by atoms with Gasteiger partial charge < -0.3 is 10.2 Å². The molecule has 15 heavy (non-hydrogen) atoms. The van der Waals surface area contributed by atoms with Crippen LogP contribution in [0.25, 0.3) is 0 Å². The average Bonchev–Trinajstić information content (AvgIpc) is 2.92. The van der Waals surface area contributed by atoms with Gasteiger partial charge in [0, 0.05) is 12.1 Å². The van der Waals surface area contributed by atoms with Crippen molar-refractivity contribution in [2.75, 3.05) is 19.6 Å². The Balaban J connectivity index is 1.56. The molecule has 0 aliphatic heterocycles. The average molecular weight is 210 g/mol. The van der Waals surface area contributed by atoms with E-state index in [9.17, 15) is 0 Å². The van der Waals surface area contributed by atoms with Crippen LogP contribution in [0.1, 0.15) is 51.9 Å². The Kier molecular flexibility index (Phi) is 4.45. The van der Waals surface area contributed by atoms with Crippen LogP contribution in [0.3, 0.4) is 0 Å². The molecule has 2 fully saturated rings. The van der Waals surface area contributed by atoms with Crippen molar-refractivity contribution in [3.05, 3.63) is 0 Å². The molecule has 2 heteroatoms. The zero-order valence-electron chi connectivity index (χ0n) is 10.2. The molecule has 0 saturated heterocycles. The minimum atomic E-state index is 0.881. The fraction of sp³-hybridized carbons (Fsp3) is 1.00. The maximum atomic E-state index is 3.60. The lowest BCUT2D eigenvalue weighted by atomic mass is 10.2. The Bertz CT molecular complexity index is 171. The molecule has 0 aromatic heterocycles. The Morgan fingerprint density at radius 2 is 1.87 bits per heavy atom. The first-order valence-electron chi connectivity index (χ1n) is 6.87. The van der Waals surface area contributed by atoms with Crippen LogP contribution in [0.4, 0.5) is 0 Å². The van der Waals surface area contributed by atoms with Gasteiger partial charge >= 0.3 is 0 Å². The lowest BCUT2D eigenvalue weighted by molar-refractivity contribution is 0.206. The molecular weight excluding hydrogens is 184 g/mol. The molecule has 0 radical (unpaired) electrons. The van der Waals surface area contributed by atoms with Gasteiger partial charge in [0.1, 0.15) is 0 Å². The van der Waals surface area contributed by atoms with Gasteiger partial charge in [-0.25, -0.2) is 0 Å². The largest absolute Gasteiger partial charge is 0.314 e. The minimum absolute atomic E-state index is 0.881. The van der Waals surface area contributed by atoms with Gasteiger partial charge in [0.05, 0.1) is 0 Å². The third-order valence-electron chi connectivity index (χ3n) is 3.88. The number of nitrogens with zero attached hydrogens (tertiary/aromatic N) is 1. The molecule has 2 aliphatic rings. The quantitative estimate of drug-likeness (QED) is 0.649. The Morgan fingerprint density at radius 1 is 1.13 bits per heavy atom. The molecule has 88 valence electrons. The van der Waals surface area contributed by atoms with E-state index in [1.807, 2.05) is 0 Å². The van der Waals surface area contributed by atoms with Crippen molar-refractivity contribution in [3.63, 3.8) is 0 Å². The second-order valence-electron chi connectivity index (χ2n) is 5.15. The van der Waals surface area contributed by atoms with Crippen LogP contribution in [0.2, 0.25) is 0 Å². The van der Waals surface area contributed by atoms with Crippen LogP contribution in [0.15, 0.2) is 0 Å². The van der Waals surface area contributed by atoms with Crippen molar-refractivity contribution in [1.82, 2.24) is 10.2 Å². The van der Waals surface area contributed by atoms with E-state index in [1.165, 1.54) is 64.6 Å². The Labute approximate surface area is 94.4 Å². The molecule has 0 spiro atoms. The third-order valence-corrected chi connectivity index (χ3v) is 3.88. The highest BCUT2D eigenvalue weighted by atomic mass is 15.1. The van der Waals surface area contributed by atoms with Gasteiger partial charge in [-0.3, -0.25) is 0 Å². The standard InChI is InChI=1S/C13H26N2/c1-2-15(13-6-3-4-7-13)11-5-10-14-12-8-9-12/h12-14H,2-11H2,1H3. The molecular formula is C13H26N2. The smallest absolute Gasteiger partial charge is 0.00951 e. The summed E-state index contributed by atoms with van der Waals surface area (Å²) < 4.78 is 0. The van der Waals surface area contributed by atoms with Crippen molar-refractivity contribution >= 4 is 0 Å². The van der Waals surface area contributed by atoms with Crippen LogP contribution in [0.5, 0.6) is 0 Å². The SMILES string of the molecule is CCN(CCCNC1CC1)C1CCCC1. The fourth-order valence-corrected chi connectivity index (χ4v) is 2.74. The van der Waals surface area contributed by atoms with Crippen LogP contribution in [0, 0.1) is 0 Å². The predicted molar refractivity (Wildman–Crippen MR) is 65.1 cm³/mol. The zero-order chi connectivity index (χ0) is 10.5. The first-order chi connectivity index (χ1) is 7.40. The molecule has 2 nitrogen and oxygen atoms in total. The van der Waals surface area contributed by atoms with E-state index in [1.54, 1.807) is 0 Å². The topological polar surface area (TPSA) is 15.3 Å². The van der Waals surface area contributed by atoms with Gasteiger partial charge in [0.25, 0.3) is 0 Å². The van der Waals surface area contributed by atoms with Crippen molar-refractivity contribution < 1.29 is 0 Å². The second-order valence-corrected chi connectivity index (χ2v) is 5.15. The van der Waals surface area contributed by atoms with Crippen molar-refractivity contribution in [2.45, 2.75) is 64.0 Å². The normalized spacial score (nSPS) is 22.8. The van der Waals surface area contributed by atoms with E-state index in [4.69, 9.17) is 0 Å². The molecule has 0 unspecified atom stereocenters. The number of nitrogens with one attached hydrogen (secondary N) is 1. The Morgan fingerprint density at radius 3 is 2.47 bits per heavy atom. The number of rotatable bonds is 7. The monoisotopic (exact) mass is 210 g/mol. The van der Waals surface area contributed by atoms with Gasteiger partial charge in [-0.15, -0.1) is 0 Å². The van der Waals surface area contributed by atoms with Crippen LogP contribution < -0.4 is 5.32 Å². The summed E-state index contributed by atoms with van der Waals surface area (Å²) in [5.41, 5.74) is 0. The van der Waals surface area contributed by atoms with Gasteiger partial charge in [-0.05, 0) is 51.7 Å². The maximum absolute atomic E-state index is 3.60. The van der Waals surface area contributed by atoms with E-state index >= 15 is 0 Å². The maximum Gasteiger partial charge on any atom is 0.00951 e. The Hall–Kier alpha value is -0.0800. The van der Waals surface area contributed by atoms with E-state index in [0.717, 1.165) is 12.1 Å². The molecule has 0 heterocycles. The summed E-state index contributed by atoms with van der Waals surface area (Å²) in [6, 6.07) is 1.79. The lowest BCUT2D eigenvalue weighted by Crippen LogP contribution is -2.35. The lowest BCUT2D eigenvalue weighted by Gasteiger charge is -2.27. The summed E-state index contributed by atoms with van der Waals surface area (Å²) in [7, 11) is 0. The van der Waals surface area contributed by atoms with E-state index in [0.29, 0.717) is 0 Å². The van der Waals surface area contributed by atoms with E-state index in [-0.39, 0.29) is 0 Å². The summed E-state index contributed by atoms with van der Waals surface area (Å²) >= 11 is 0. The summed E-state index contributed by atoms with van der Waals surface area (Å²) in [5, 5.41) is 3.60. The zero-order valence-corrected chi connectivity index (χ0v) is 10.2. The predicted octanol–water partition coefficient (Wildman–Crippen LogP) is 2.39. The minimum Gasteiger partial charge on any atom is -0.314 e. The van der Waals surface area contributed by atoms with Gasteiger partial charge in [0.15, 0.2) is 0 Å². The molecule has 0 amide bonds. The molecule has 0 atom stereocenters. The summed E-state index contributed by atoms with van der Waals surface area (Å²) in [5.74, 6) is 0. The first-order valence-corrected chi connectivity index (χ1v) is 6.87. The van der Waals surface area contributed by atoms with Crippen molar-refractivity contribution in [1.29, 1.82) is 0 Å². The van der Waals surface area contributed by atoms with Gasteiger partial charge in [0.2, 0.25) is 0 Å². The van der Waals surface area contributed by atoms with Gasteiger partial charge in [-0.1, -0.05) is 19.8 Å². The number of hydrogen-bond acceptors (Lipinski definition) is 2. The molecule has 0 aromatic carbocycles. The molecule has 2 rings (SSSR count). The molecule has 0 bridgehead atoms. The molecule has 1 N–H and O–H groups in total. The second kappa shape index (κ2) is 5.86. The fourth-order valence-electron chi connectivity index (χ4n) is 2.74.